The Morgan fingerprint density at radius 3 is 2.50 bits per heavy atom. The number of alkyl halides is 3. The fourth-order valence-electron chi connectivity index (χ4n) is 2.85. The SMILES string of the molecule is COc1ccc2cc([C@H](C)C(=O)N/N=C/c3cccc(OC(F)(F)F)c3)ccc2c1. The Balaban J connectivity index is 1.66. The van der Waals surface area contributed by atoms with Crippen molar-refractivity contribution in [1.82, 2.24) is 5.43 Å². The van der Waals surface area contributed by atoms with Gasteiger partial charge >= 0.3 is 6.36 Å². The average molecular weight is 416 g/mol. The second-order valence-corrected chi connectivity index (χ2v) is 6.55. The van der Waals surface area contributed by atoms with E-state index >= 15 is 0 Å². The van der Waals surface area contributed by atoms with Crippen LogP contribution in [0.15, 0.2) is 65.8 Å². The van der Waals surface area contributed by atoms with Gasteiger partial charge in [-0.1, -0.05) is 36.4 Å². The molecule has 0 aliphatic carbocycles. The number of methoxy groups -OCH3 is 1. The molecule has 0 aliphatic heterocycles. The molecule has 0 saturated carbocycles. The molecule has 5 nitrogen and oxygen atoms in total. The molecule has 0 aromatic heterocycles. The fourth-order valence-corrected chi connectivity index (χ4v) is 2.85. The lowest BCUT2D eigenvalue weighted by molar-refractivity contribution is -0.274. The first kappa shape index (κ1) is 21.2. The van der Waals surface area contributed by atoms with Crippen LogP contribution in [0.5, 0.6) is 11.5 Å². The molecule has 0 bridgehead atoms. The molecule has 1 atom stereocenters. The molecule has 0 unspecified atom stereocenters. The van der Waals surface area contributed by atoms with Crippen molar-refractivity contribution in [3.63, 3.8) is 0 Å². The molecular weight excluding hydrogens is 397 g/mol. The van der Waals surface area contributed by atoms with E-state index in [2.05, 4.69) is 15.3 Å². The molecule has 0 aliphatic rings. The van der Waals surface area contributed by atoms with Crippen LogP contribution in [-0.2, 0) is 4.79 Å². The third-order valence-corrected chi connectivity index (χ3v) is 4.44. The van der Waals surface area contributed by atoms with E-state index in [0.717, 1.165) is 22.1 Å². The molecular formula is C22H19F3N2O3. The van der Waals surface area contributed by atoms with Crippen molar-refractivity contribution in [1.29, 1.82) is 0 Å². The van der Waals surface area contributed by atoms with Gasteiger partial charge in [-0.05, 0) is 53.1 Å². The number of carbonyl (C=O) groups is 1. The maximum atomic E-state index is 12.4. The molecule has 0 spiro atoms. The van der Waals surface area contributed by atoms with Gasteiger partial charge in [-0.25, -0.2) is 5.43 Å². The highest BCUT2D eigenvalue weighted by atomic mass is 19.4. The summed E-state index contributed by atoms with van der Waals surface area (Å²) in [7, 11) is 1.60. The fraction of sp³-hybridized carbons (Fsp3) is 0.182. The molecule has 156 valence electrons. The third-order valence-electron chi connectivity index (χ3n) is 4.44. The number of carbonyl (C=O) groups excluding carboxylic acids is 1. The highest BCUT2D eigenvalue weighted by Crippen LogP contribution is 2.25. The van der Waals surface area contributed by atoms with Gasteiger partial charge in [-0.15, -0.1) is 13.2 Å². The summed E-state index contributed by atoms with van der Waals surface area (Å²) >= 11 is 0. The van der Waals surface area contributed by atoms with Crippen LogP contribution in [0.1, 0.15) is 24.0 Å². The van der Waals surface area contributed by atoms with E-state index in [1.54, 1.807) is 20.1 Å². The molecule has 3 aromatic rings. The average Bonchev–Trinajstić information content (AvgIpc) is 2.71. The second-order valence-electron chi connectivity index (χ2n) is 6.55. The van der Waals surface area contributed by atoms with Crippen molar-refractivity contribution in [2.24, 2.45) is 5.10 Å². The summed E-state index contributed by atoms with van der Waals surface area (Å²) in [4.78, 5) is 12.4. The summed E-state index contributed by atoms with van der Waals surface area (Å²) in [6.45, 7) is 1.74. The van der Waals surface area contributed by atoms with Crippen molar-refractivity contribution in [2.75, 3.05) is 7.11 Å². The van der Waals surface area contributed by atoms with Gasteiger partial charge in [-0.2, -0.15) is 5.10 Å². The summed E-state index contributed by atoms with van der Waals surface area (Å²) in [6, 6.07) is 16.6. The van der Waals surface area contributed by atoms with Crippen molar-refractivity contribution in [2.45, 2.75) is 19.2 Å². The van der Waals surface area contributed by atoms with Gasteiger partial charge in [0, 0.05) is 0 Å². The van der Waals surface area contributed by atoms with Crippen molar-refractivity contribution in [3.05, 3.63) is 71.8 Å². The largest absolute Gasteiger partial charge is 0.573 e. The standard InChI is InChI=1S/C22H19F3N2O3/c1-14(16-6-7-18-12-19(29-2)9-8-17(18)11-16)21(28)27-26-13-15-4-3-5-20(10-15)30-22(23,24)25/h3-14H,1-2H3,(H,27,28)/b26-13+/t14-/m0/s1. The zero-order valence-electron chi connectivity index (χ0n) is 16.2. The molecule has 3 aromatic carbocycles. The monoisotopic (exact) mass is 416 g/mol. The van der Waals surface area contributed by atoms with E-state index in [-0.39, 0.29) is 11.7 Å². The number of nitrogens with zero attached hydrogens (tertiary/aromatic N) is 1. The summed E-state index contributed by atoms with van der Waals surface area (Å²) in [5, 5.41) is 5.79. The van der Waals surface area contributed by atoms with Crippen LogP contribution < -0.4 is 14.9 Å². The predicted octanol–water partition coefficient (Wildman–Crippen LogP) is 5.00. The van der Waals surface area contributed by atoms with E-state index in [4.69, 9.17) is 4.74 Å². The van der Waals surface area contributed by atoms with Crippen LogP contribution in [0.2, 0.25) is 0 Å². The van der Waals surface area contributed by atoms with Gasteiger partial charge in [0.1, 0.15) is 11.5 Å². The zero-order valence-corrected chi connectivity index (χ0v) is 16.2. The maximum Gasteiger partial charge on any atom is 0.573 e. The van der Waals surface area contributed by atoms with Crippen LogP contribution in [0.4, 0.5) is 13.2 Å². The molecule has 0 heterocycles. The lowest BCUT2D eigenvalue weighted by atomic mass is 9.97. The first-order chi connectivity index (χ1) is 14.2. The Hall–Kier alpha value is -3.55. The van der Waals surface area contributed by atoms with Gasteiger partial charge in [-0.3, -0.25) is 4.79 Å². The number of nitrogens with one attached hydrogen (secondary N) is 1. The van der Waals surface area contributed by atoms with Gasteiger partial charge < -0.3 is 9.47 Å². The highest BCUT2D eigenvalue weighted by molar-refractivity contribution is 5.89. The minimum absolute atomic E-state index is 0.346. The molecule has 8 heteroatoms. The highest BCUT2D eigenvalue weighted by Gasteiger charge is 2.31. The van der Waals surface area contributed by atoms with Crippen molar-refractivity contribution >= 4 is 22.9 Å². The predicted molar refractivity (Wildman–Crippen MR) is 108 cm³/mol. The Labute approximate surface area is 171 Å². The first-order valence-corrected chi connectivity index (χ1v) is 9.01. The quantitative estimate of drug-likeness (QED) is 0.454. The molecule has 1 amide bonds. The van der Waals surface area contributed by atoms with E-state index in [9.17, 15) is 18.0 Å². The van der Waals surface area contributed by atoms with Gasteiger partial charge in [0.15, 0.2) is 0 Å². The number of benzene rings is 3. The number of amides is 1. The first-order valence-electron chi connectivity index (χ1n) is 9.01. The van der Waals surface area contributed by atoms with Gasteiger partial charge in [0.25, 0.3) is 0 Å². The van der Waals surface area contributed by atoms with Crippen LogP contribution >= 0.6 is 0 Å². The van der Waals surface area contributed by atoms with Crippen LogP contribution in [-0.4, -0.2) is 25.6 Å². The lowest BCUT2D eigenvalue weighted by Crippen LogP contribution is -2.23. The van der Waals surface area contributed by atoms with Crippen LogP contribution in [0.3, 0.4) is 0 Å². The Bertz CT molecular complexity index is 1080. The molecule has 1 N–H and O–H groups in total. The van der Waals surface area contributed by atoms with E-state index < -0.39 is 12.3 Å². The summed E-state index contributed by atoms with van der Waals surface area (Å²) in [5.41, 5.74) is 3.57. The summed E-state index contributed by atoms with van der Waals surface area (Å²) in [6.07, 6.45) is -3.52. The Morgan fingerprint density at radius 2 is 1.77 bits per heavy atom. The Kier molecular flexibility index (Phi) is 6.25. The van der Waals surface area contributed by atoms with Gasteiger partial charge in [0.2, 0.25) is 5.91 Å². The number of hydrazone groups is 1. The smallest absolute Gasteiger partial charge is 0.497 e. The summed E-state index contributed by atoms with van der Waals surface area (Å²) < 4.78 is 46.0. The van der Waals surface area contributed by atoms with Crippen LogP contribution in [0.25, 0.3) is 10.8 Å². The Morgan fingerprint density at radius 1 is 1.03 bits per heavy atom. The van der Waals surface area contributed by atoms with E-state index in [0.29, 0.717) is 5.56 Å². The minimum Gasteiger partial charge on any atom is -0.497 e. The third kappa shape index (κ3) is 5.50. The number of hydrogen-bond donors (Lipinski definition) is 1. The zero-order chi connectivity index (χ0) is 21.7. The molecule has 3 rings (SSSR count). The van der Waals surface area contributed by atoms with E-state index in [1.807, 2.05) is 36.4 Å². The number of ether oxygens (including phenoxy) is 2. The topological polar surface area (TPSA) is 59.9 Å². The number of hydrogen-bond acceptors (Lipinski definition) is 4. The van der Waals surface area contributed by atoms with Crippen LogP contribution in [0, 0.1) is 0 Å². The second kappa shape index (κ2) is 8.86. The number of halogens is 3. The van der Waals surface area contributed by atoms with Crippen molar-refractivity contribution in [3.8, 4) is 11.5 Å². The molecule has 0 fully saturated rings. The molecule has 0 saturated heterocycles. The minimum atomic E-state index is -4.77. The summed E-state index contributed by atoms with van der Waals surface area (Å²) in [5.74, 6) is -0.436. The molecule has 30 heavy (non-hydrogen) atoms. The normalized spacial score (nSPS) is 12.7. The number of rotatable bonds is 6. The lowest BCUT2D eigenvalue weighted by Gasteiger charge is -2.12. The van der Waals surface area contributed by atoms with Gasteiger partial charge in [0.05, 0.1) is 19.2 Å². The van der Waals surface area contributed by atoms with E-state index in [1.165, 1.54) is 24.4 Å². The molecule has 0 radical (unpaired) electrons. The van der Waals surface area contributed by atoms with Crippen molar-refractivity contribution < 1.29 is 27.4 Å². The number of fused-ring (bicyclic) bond motifs is 1. The maximum absolute atomic E-state index is 12.4.